The van der Waals surface area contributed by atoms with Crippen LogP contribution in [-0.2, 0) is 16.6 Å². The molecule has 2 aromatic carbocycles. The second-order valence-corrected chi connectivity index (χ2v) is 10.8. The Balaban J connectivity index is 2.04. The molecule has 1 heterocycles. The first kappa shape index (κ1) is 25.6. The summed E-state index contributed by atoms with van der Waals surface area (Å²) in [5.41, 5.74) is 2.75. The standard InChI is InChI=1S/C25H28ClNO6S/c1-15(2)13-27(34(30,31)24-9-6-18(5)33-24)22-11-17(4)21(26)12-23(22)32-14-20-8-7-19(25(28)29)10-16(20)3/h6-12,15H,13-14H2,1-5H3,(H,28,29). The molecule has 182 valence electrons. The van der Waals surface area contributed by atoms with Gasteiger partial charge in [-0.25, -0.2) is 4.79 Å². The molecule has 0 unspecified atom stereocenters. The van der Waals surface area contributed by atoms with Crippen LogP contribution >= 0.6 is 11.6 Å². The molecule has 0 aliphatic carbocycles. The number of hydrogen-bond donors (Lipinski definition) is 1. The van der Waals surface area contributed by atoms with Gasteiger partial charge < -0.3 is 14.3 Å². The van der Waals surface area contributed by atoms with E-state index in [-0.39, 0.29) is 29.7 Å². The molecule has 1 aromatic heterocycles. The second-order valence-electron chi connectivity index (χ2n) is 8.60. The maximum Gasteiger partial charge on any atom is 0.335 e. The number of aryl methyl sites for hydroxylation is 3. The molecular weight excluding hydrogens is 478 g/mol. The van der Waals surface area contributed by atoms with E-state index in [0.717, 1.165) is 11.1 Å². The summed E-state index contributed by atoms with van der Waals surface area (Å²) in [6.07, 6.45) is 0. The van der Waals surface area contributed by atoms with Gasteiger partial charge in [0.15, 0.2) is 0 Å². The summed E-state index contributed by atoms with van der Waals surface area (Å²) in [5.74, 6) is -0.205. The van der Waals surface area contributed by atoms with Crippen molar-refractivity contribution >= 4 is 33.3 Å². The van der Waals surface area contributed by atoms with Crippen LogP contribution in [0, 0.1) is 26.7 Å². The van der Waals surface area contributed by atoms with E-state index in [1.807, 2.05) is 13.8 Å². The predicted octanol–water partition coefficient (Wildman–Crippen LogP) is 5.99. The lowest BCUT2D eigenvalue weighted by molar-refractivity contribution is 0.0696. The number of carbonyl (C=O) groups is 1. The van der Waals surface area contributed by atoms with Crippen LogP contribution in [-0.4, -0.2) is 26.0 Å². The number of benzene rings is 2. The third-order valence-corrected chi connectivity index (χ3v) is 7.33. The van der Waals surface area contributed by atoms with Gasteiger partial charge in [-0.2, -0.15) is 8.42 Å². The number of carboxylic acids is 1. The highest BCUT2D eigenvalue weighted by atomic mass is 35.5. The molecule has 0 amide bonds. The highest BCUT2D eigenvalue weighted by molar-refractivity contribution is 7.92. The number of anilines is 1. The monoisotopic (exact) mass is 505 g/mol. The van der Waals surface area contributed by atoms with Crippen molar-refractivity contribution in [2.45, 2.75) is 46.3 Å². The van der Waals surface area contributed by atoms with Crippen molar-refractivity contribution in [3.8, 4) is 5.75 Å². The molecule has 3 aromatic rings. The smallest absolute Gasteiger partial charge is 0.335 e. The molecule has 0 saturated heterocycles. The maximum atomic E-state index is 13.5. The van der Waals surface area contributed by atoms with E-state index >= 15 is 0 Å². The Morgan fingerprint density at radius 3 is 2.35 bits per heavy atom. The Kier molecular flexibility index (Phi) is 7.63. The fraction of sp³-hybridized carbons (Fsp3) is 0.320. The number of furan rings is 1. The molecule has 7 nitrogen and oxygen atoms in total. The highest BCUT2D eigenvalue weighted by Crippen LogP contribution is 2.38. The van der Waals surface area contributed by atoms with Crippen molar-refractivity contribution in [2.75, 3.05) is 10.8 Å². The third-order valence-electron chi connectivity index (χ3n) is 5.27. The van der Waals surface area contributed by atoms with E-state index in [9.17, 15) is 18.3 Å². The number of rotatable bonds is 9. The molecule has 0 saturated carbocycles. The van der Waals surface area contributed by atoms with Gasteiger partial charge in [-0.15, -0.1) is 0 Å². The van der Waals surface area contributed by atoms with Crippen molar-refractivity contribution in [1.29, 1.82) is 0 Å². The molecule has 3 rings (SSSR count). The van der Waals surface area contributed by atoms with E-state index < -0.39 is 16.0 Å². The van der Waals surface area contributed by atoms with Gasteiger partial charge in [0.25, 0.3) is 10.0 Å². The molecule has 0 atom stereocenters. The summed E-state index contributed by atoms with van der Waals surface area (Å²) >= 11 is 6.37. The van der Waals surface area contributed by atoms with Gasteiger partial charge in [0.1, 0.15) is 18.1 Å². The summed E-state index contributed by atoms with van der Waals surface area (Å²) in [6, 6.07) is 11.1. The first-order chi connectivity index (χ1) is 15.9. The van der Waals surface area contributed by atoms with Crippen molar-refractivity contribution in [2.24, 2.45) is 5.92 Å². The summed E-state index contributed by atoms with van der Waals surface area (Å²) in [5, 5.41) is 9.48. The zero-order valence-corrected chi connectivity index (χ0v) is 21.3. The summed E-state index contributed by atoms with van der Waals surface area (Å²) in [6.45, 7) is 9.42. The van der Waals surface area contributed by atoms with E-state index in [4.69, 9.17) is 20.8 Å². The molecule has 1 N–H and O–H groups in total. The Hall–Kier alpha value is -2.97. The van der Waals surface area contributed by atoms with Gasteiger partial charge in [0.05, 0.1) is 11.3 Å². The van der Waals surface area contributed by atoms with Crippen LogP contribution in [0.4, 0.5) is 5.69 Å². The van der Waals surface area contributed by atoms with Crippen LogP contribution in [0.1, 0.15) is 46.7 Å². The van der Waals surface area contributed by atoms with Crippen LogP contribution in [0.5, 0.6) is 5.75 Å². The SMILES string of the molecule is Cc1ccc(S(=O)(=O)N(CC(C)C)c2cc(C)c(Cl)cc2OCc2ccc(C(=O)O)cc2C)o1. The number of carboxylic acid groups (broad SMARTS) is 1. The topological polar surface area (TPSA) is 97.0 Å². The molecule has 9 heteroatoms. The van der Waals surface area contributed by atoms with Crippen molar-refractivity contribution in [1.82, 2.24) is 0 Å². The second kappa shape index (κ2) is 10.1. The van der Waals surface area contributed by atoms with Gasteiger partial charge in [-0.1, -0.05) is 31.5 Å². The quantitative estimate of drug-likeness (QED) is 0.384. The lowest BCUT2D eigenvalue weighted by atomic mass is 10.1. The molecule has 0 fully saturated rings. The van der Waals surface area contributed by atoms with Gasteiger partial charge in [-0.05, 0) is 73.7 Å². The van der Waals surface area contributed by atoms with Crippen molar-refractivity contribution in [3.05, 3.63) is 75.5 Å². The molecule has 0 spiro atoms. The number of hydrogen-bond acceptors (Lipinski definition) is 5. The van der Waals surface area contributed by atoms with Gasteiger partial charge in [0, 0.05) is 17.6 Å². The zero-order valence-electron chi connectivity index (χ0n) is 19.8. The fourth-order valence-electron chi connectivity index (χ4n) is 3.42. The summed E-state index contributed by atoms with van der Waals surface area (Å²) in [7, 11) is -4.01. The Labute approximate surface area is 205 Å². The summed E-state index contributed by atoms with van der Waals surface area (Å²) in [4.78, 5) is 11.2. The molecule has 0 aliphatic rings. The summed E-state index contributed by atoms with van der Waals surface area (Å²) < 4.78 is 39.9. The minimum Gasteiger partial charge on any atom is -0.487 e. The normalized spacial score (nSPS) is 11.6. The number of halogens is 1. The molecule has 0 aliphatic heterocycles. The maximum absolute atomic E-state index is 13.5. The van der Waals surface area contributed by atoms with Crippen molar-refractivity contribution in [3.63, 3.8) is 0 Å². The Bertz CT molecular complexity index is 1310. The van der Waals surface area contributed by atoms with Crippen LogP contribution in [0.25, 0.3) is 0 Å². The van der Waals surface area contributed by atoms with Crippen LogP contribution < -0.4 is 9.04 Å². The van der Waals surface area contributed by atoms with Gasteiger partial charge in [0.2, 0.25) is 5.09 Å². The van der Waals surface area contributed by atoms with Crippen LogP contribution in [0.3, 0.4) is 0 Å². The predicted molar refractivity (Wildman–Crippen MR) is 131 cm³/mol. The van der Waals surface area contributed by atoms with Gasteiger partial charge in [-0.3, -0.25) is 4.31 Å². The fourth-order valence-corrected chi connectivity index (χ4v) is 5.17. The molecule has 34 heavy (non-hydrogen) atoms. The van der Waals surface area contributed by atoms with Crippen molar-refractivity contribution < 1.29 is 27.5 Å². The van der Waals surface area contributed by atoms with Crippen LogP contribution in [0.2, 0.25) is 5.02 Å². The van der Waals surface area contributed by atoms with E-state index in [1.54, 1.807) is 51.1 Å². The molecular formula is C25H28ClNO6S. The van der Waals surface area contributed by atoms with E-state index in [1.165, 1.54) is 16.4 Å². The minimum absolute atomic E-state index is 0.0143. The number of nitrogens with zero attached hydrogens (tertiary/aromatic N) is 1. The van der Waals surface area contributed by atoms with E-state index in [2.05, 4.69) is 0 Å². The largest absolute Gasteiger partial charge is 0.487 e. The number of ether oxygens (including phenoxy) is 1. The Morgan fingerprint density at radius 2 is 1.79 bits per heavy atom. The van der Waals surface area contributed by atoms with Crippen LogP contribution in [0.15, 0.2) is 52.0 Å². The van der Waals surface area contributed by atoms with E-state index in [0.29, 0.717) is 27.8 Å². The highest BCUT2D eigenvalue weighted by Gasteiger charge is 2.31. The average Bonchev–Trinajstić information content (AvgIpc) is 3.20. The lowest BCUT2D eigenvalue weighted by Crippen LogP contribution is -2.34. The third kappa shape index (κ3) is 5.56. The average molecular weight is 506 g/mol. The Morgan fingerprint density at radius 1 is 1.09 bits per heavy atom. The van der Waals surface area contributed by atoms with Gasteiger partial charge >= 0.3 is 5.97 Å². The number of aromatic carboxylic acids is 1. The lowest BCUT2D eigenvalue weighted by Gasteiger charge is -2.27. The molecule has 0 radical (unpaired) electrons. The first-order valence-electron chi connectivity index (χ1n) is 10.7. The minimum atomic E-state index is -4.01. The molecule has 0 bridgehead atoms. The zero-order chi connectivity index (χ0) is 25.2. The number of sulfonamides is 1. The first-order valence-corrected chi connectivity index (χ1v) is 12.6.